The van der Waals surface area contributed by atoms with Crippen LogP contribution >= 0.6 is 8.53 Å². The van der Waals surface area contributed by atoms with Crippen molar-refractivity contribution in [2.24, 2.45) is 0 Å². The van der Waals surface area contributed by atoms with Crippen molar-refractivity contribution in [3.8, 4) is 0 Å². The molecule has 27 heavy (non-hydrogen) atoms. The van der Waals surface area contributed by atoms with Crippen molar-refractivity contribution in [2.75, 3.05) is 41.7 Å². The predicted molar refractivity (Wildman–Crippen MR) is 105 cm³/mol. The van der Waals surface area contributed by atoms with Gasteiger partial charge in [-0.2, -0.15) is 0 Å². The summed E-state index contributed by atoms with van der Waals surface area (Å²) in [5.41, 5.74) is 0. The highest BCUT2D eigenvalue weighted by molar-refractivity contribution is 7.44. The standard InChI is InChI=1S/C18H38NO7P/c1-10-24-27(19(12(2)3)13(4)5)26-18-17(23-9)16(22-8)15(21-7)14(25-18)11-20-6/h12-18H,10-11H2,1-9H3/t14-,15-,16+,17-,18?,27?/m1/s1. The molecule has 1 aliphatic rings. The molecule has 1 aliphatic heterocycles. The van der Waals surface area contributed by atoms with Crippen molar-refractivity contribution in [1.29, 1.82) is 0 Å². The smallest absolute Gasteiger partial charge is 0.261 e. The Morgan fingerprint density at radius 1 is 0.889 bits per heavy atom. The fourth-order valence-corrected chi connectivity index (χ4v) is 5.01. The highest BCUT2D eigenvalue weighted by Crippen LogP contribution is 2.48. The van der Waals surface area contributed by atoms with Gasteiger partial charge in [-0.15, -0.1) is 0 Å². The molecule has 8 nitrogen and oxygen atoms in total. The maximum atomic E-state index is 6.35. The molecule has 0 aromatic carbocycles. The third kappa shape index (κ3) is 6.56. The van der Waals surface area contributed by atoms with Crippen molar-refractivity contribution in [3.05, 3.63) is 0 Å². The van der Waals surface area contributed by atoms with Crippen molar-refractivity contribution in [1.82, 2.24) is 4.67 Å². The fourth-order valence-electron chi connectivity index (χ4n) is 3.39. The maximum Gasteiger partial charge on any atom is 0.261 e. The van der Waals surface area contributed by atoms with Gasteiger partial charge in [0.05, 0.1) is 13.2 Å². The van der Waals surface area contributed by atoms with Crippen molar-refractivity contribution in [2.45, 2.75) is 77.4 Å². The van der Waals surface area contributed by atoms with E-state index in [0.717, 1.165) is 0 Å². The van der Waals surface area contributed by atoms with E-state index < -0.39 is 20.9 Å². The van der Waals surface area contributed by atoms with Gasteiger partial charge in [-0.25, -0.2) is 4.67 Å². The van der Waals surface area contributed by atoms with Crippen LogP contribution in [0.4, 0.5) is 0 Å². The molecular weight excluding hydrogens is 373 g/mol. The summed E-state index contributed by atoms with van der Waals surface area (Å²) in [7, 11) is 5.17. The summed E-state index contributed by atoms with van der Waals surface area (Å²) in [4.78, 5) is 0. The van der Waals surface area contributed by atoms with Crippen LogP contribution in [0.3, 0.4) is 0 Å². The van der Waals surface area contributed by atoms with E-state index in [0.29, 0.717) is 13.2 Å². The molecule has 6 atom stereocenters. The highest BCUT2D eigenvalue weighted by atomic mass is 31.2. The number of hydrogen-bond acceptors (Lipinski definition) is 8. The van der Waals surface area contributed by atoms with E-state index >= 15 is 0 Å². The zero-order chi connectivity index (χ0) is 20.6. The monoisotopic (exact) mass is 411 g/mol. The summed E-state index contributed by atoms with van der Waals surface area (Å²) in [6, 6.07) is 0.513. The minimum absolute atomic E-state index is 0.256. The summed E-state index contributed by atoms with van der Waals surface area (Å²) in [6.07, 6.45) is -2.15. The molecule has 0 bridgehead atoms. The van der Waals surface area contributed by atoms with E-state index in [1.54, 1.807) is 28.4 Å². The largest absolute Gasteiger partial charge is 0.382 e. The number of nitrogens with zero attached hydrogens (tertiary/aromatic N) is 1. The fraction of sp³-hybridized carbons (Fsp3) is 1.00. The number of rotatable bonds is 12. The van der Waals surface area contributed by atoms with Gasteiger partial charge in [-0.1, -0.05) is 0 Å². The SMILES string of the molecule is CCOP(OC1O[C@H](COC)[C@@H](OC)[C@H](OC)[C@H]1OC)N(C(C)C)C(C)C. The number of hydrogen-bond donors (Lipinski definition) is 0. The van der Waals surface area contributed by atoms with Gasteiger partial charge in [-0.05, 0) is 34.6 Å². The van der Waals surface area contributed by atoms with Gasteiger partial charge in [0.1, 0.15) is 24.4 Å². The van der Waals surface area contributed by atoms with Gasteiger partial charge in [0.25, 0.3) is 8.53 Å². The van der Waals surface area contributed by atoms with Gasteiger partial charge in [0, 0.05) is 40.5 Å². The molecule has 2 unspecified atom stereocenters. The highest BCUT2D eigenvalue weighted by Gasteiger charge is 2.49. The topological polar surface area (TPSA) is 67.9 Å². The minimum atomic E-state index is -1.34. The second-order valence-corrected chi connectivity index (χ2v) is 8.33. The Hall–Kier alpha value is 0.110. The molecule has 0 aromatic rings. The van der Waals surface area contributed by atoms with Crippen molar-refractivity contribution >= 4 is 8.53 Å². The molecule has 0 N–H and O–H groups in total. The molecule has 9 heteroatoms. The van der Waals surface area contributed by atoms with E-state index in [1.165, 1.54) is 0 Å². The molecule has 0 saturated carbocycles. The molecule has 162 valence electrons. The molecule has 0 radical (unpaired) electrons. The van der Waals surface area contributed by atoms with Crippen LogP contribution in [0.15, 0.2) is 0 Å². The Kier molecular flexibility index (Phi) is 11.8. The predicted octanol–water partition coefficient (Wildman–Crippen LogP) is 2.80. The van der Waals surface area contributed by atoms with Crippen LogP contribution in [0, 0.1) is 0 Å². The Bertz CT molecular complexity index is 394. The van der Waals surface area contributed by atoms with Crippen LogP contribution in [0.25, 0.3) is 0 Å². The Labute approximate surface area is 165 Å². The summed E-state index contributed by atoms with van der Waals surface area (Å²) in [6.45, 7) is 11.4. The molecule has 1 fully saturated rings. The summed E-state index contributed by atoms with van der Waals surface area (Å²) in [5.74, 6) is 0. The minimum Gasteiger partial charge on any atom is -0.382 e. The second-order valence-electron chi connectivity index (χ2n) is 6.93. The van der Waals surface area contributed by atoms with E-state index in [4.69, 9.17) is 32.7 Å². The molecule has 1 rings (SSSR count). The lowest BCUT2D eigenvalue weighted by molar-refractivity contribution is -0.293. The Morgan fingerprint density at radius 2 is 1.44 bits per heavy atom. The van der Waals surface area contributed by atoms with Crippen LogP contribution in [0.2, 0.25) is 0 Å². The zero-order valence-corrected chi connectivity index (χ0v) is 19.1. The van der Waals surface area contributed by atoms with Gasteiger partial charge < -0.3 is 28.2 Å². The van der Waals surface area contributed by atoms with Crippen molar-refractivity contribution < 1.29 is 32.7 Å². The van der Waals surface area contributed by atoms with E-state index in [1.807, 2.05) is 6.92 Å². The first kappa shape index (κ1) is 25.1. The summed E-state index contributed by atoms with van der Waals surface area (Å²) >= 11 is 0. The first-order valence-corrected chi connectivity index (χ1v) is 10.6. The third-order valence-electron chi connectivity index (χ3n) is 4.42. The molecule has 0 spiro atoms. The maximum absolute atomic E-state index is 6.35. The van der Waals surface area contributed by atoms with Crippen LogP contribution in [-0.2, 0) is 32.7 Å². The van der Waals surface area contributed by atoms with E-state index in [9.17, 15) is 0 Å². The molecular formula is C18H38NO7P. The molecule has 1 heterocycles. The molecule has 1 saturated heterocycles. The lowest BCUT2D eigenvalue weighted by Gasteiger charge is -2.46. The normalized spacial score (nSPS) is 30.4. The van der Waals surface area contributed by atoms with Gasteiger partial charge in [0.15, 0.2) is 6.29 Å². The molecule has 0 aromatic heterocycles. The lowest BCUT2D eigenvalue weighted by Crippen LogP contribution is -2.61. The van der Waals surface area contributed by atoms with E-state index in [-0.39, 0.29) is 30.4 Å². The first-order valence-electron chi connectivity index (χ1n) is 9.46. The van der Waals surface area contributed by atoms with Crippen LogP contribution in [-0.4, -0.2) is 89.1 Å². The van der Waals surface area contributed by atoms with Gasteiger partial charge in [0.2, 0.25) is 0 Å². The average molecular weight is 411 g/mol. The number of methoxy groups -OCH3 is 4. The number of ether oxygens (including phenoxy) is 5. The molecule has 0 aliphatic carbocycles. The van der Waals surface area contributed by atoms with Crippen LogP contribution in [0.1, 0.15) is 34.6 Å². The second kappa shape index (κ2) is 12.6. The molecule has 0 amide bonds. The first-order chi connectivity index (χ1) is 12.9. The zero-order valence-electron chi connectivity index (χ0n) is 18.2. The summed E-state index contributed by atoms with van der Waals surface area (Å²) in [5, 5.41) is 0. The Balaban J connectivity index is 3.10. The quantitative estimate of drug-likeness (QED) is 0.454. The van der Waals surface area contributed by atoms with Crippen LogP contribution < -0.4 is 0 Å². The van der Waals surface area contributed by atoms with Crippen LogP contribution in [0.5, 0.6) is 0 Å². The summed E-state index contributed by atoms with van der Waals surface area (Å²) < 4.78 is 43.0. The average Bonchev–Trinajstić information content (AvgIpc) is 2.60. The van der Waals surface area contributed by atoms with Gasteiger partial charge in [-0.3, -0.25) is 4.52 Å². The lowest BCUT2D eigenvalue weighted by atomic mass is 9.98. The third-order valence-corrected chi connectivity index (χ3v) is 6.59. The Morgan fingerprint density at radius 3 is 1.85 bits per heavy atom. The van der Waals surface area contributed by atoms with Gasteiger partial charge >= 0.3 is 0 Å². The van der Waals surface area contributed by atoms with E-state index in [2.05, 4.69) is 32.4 Å². The van der Waals surface area contributed by atoms with Crippen molar-refractivity contribution in [3.63, 3.8) is 0 Å².